The molecule has 0 spiro atoms. The number of ketones is 1. The Balaban J connectivity index is 0.000000221. The minimum Gasteiger partial charge on any atom is -0.741 e. The normalized spacial score (nSPS) is 32.5. The van der Waals surface area contributed by atoms with Gasteiger partial charge in [-0.3, -0.25) is 4.79 Å². The van der Waals surface area contributed by atoms with Crippen LogP contribution in [0.2, 0.25) is 0 Å². The van der Waals surface area contributed by atoms with Gasteiger partial charge in [-0.15, -0.1) is 0 Å². The Kier molecular flexibility index (Phi) is 4.52. The van der Waals surface area contributed by atoms with Crippen LogP contribution in [0.5, 0.6) is 0 Å². The van der Waals surface area contributed by atoms with Crippen molar-refractivity contribution in [3.05, 3.63) is 0 Å². The van der Waals surface area contributed by atoms with E-state index in [-0.39, 0.29) is 11.8 Å². The monoisotopic (exact) mass is 321 g/mol. The lowest BCUT2D eigenvalue weighted by Gasteiger charge is -2.41. The highest BCUT2D eigenvalue weighted by molar-refractivity contribution is 7.86. The van der Waals surface area contributed by atoms with Crippen LogP contribution in [-0.4, -0.2) is 61.1 Å². The van der Waals surface area contributed by atoms with Crippen LogP contribution < -0.4 is 0 Å². The summed E-state index contributed by atoms with van der Waals surface area (Å²) in [5, 5.41) is 0. The van der Waals surface area contributed by atoms with Gasteiger partial charge in [0.15, 0.2) is 22.3 Å². The van der Waals surface area contributed by atoms with Crippen LogP contribution in [0.4, 0.5) is 17.6 Å². The van der Waals surface area contributed by atoms with Crippen molar-refractivity contribution in [1.29, 1.82) is 0 Å². The number of halogens is 4. The molecule has 2 saturated heterocycles. The Hall–Kier alpha value is -0.740. The zero-order chi connectivity index (χ0) is 15.9. The third kappa shape index (κ3) is 3.29. The number of alkyl halides is 4. The smallest absolute Gasteiger partial charge is 0.485 e. The fourth-order valence-electron chi connectivity index (χ4n) is 2.69. The molecule has 5 nitrogen and oxygen atoms in total. The Morgan fingerprint density at radius 1 is 1.25 bits per heavy atom. The SMILES string of the molecule is C[N+]1(C)[C@@H]2CC[C@H]1C(=O)[C@H](F)C2.O=S(=O)([O-])C(F)(F)F. The highest BCUT2D eigenvalue weighted by Crippen LogP contribution is 2.38. The van der Waals surface area contributed by atoms with Crippen LogP contribution >= 0.6 is 0 Å². The quantitative estimate of drug-likeness (QED) is 0.288. The number of hydrogen-bond acceptors (Lipinski definition) is 4. The maximum Gasteiger partial charge on any atom is 0.485 e. The maximum absolute atomic E-state index is 13.1. The molecule has 2 fully saturated rings. The molecule has 0 aromatic rings. The molecule has 2 heterocycles. The fourth-order valence-corrected chi connectivity index (χ4v) is 2.69. The molecule has 0 saturated carbocycles. The van der Waals surface area contributed by atoms with Gasteiger partial charge in [-0.1, -0.05) is 0 Å². The minimum atomic E-state index is -6.09. The van der Waals surface area contributed by atoms with Crippen molar-refractivity contribution in [1.82, 2.24) is 0 Å². The summed E-state index contributed by atoms with van der Waals surface area (Å²) in [6.45, 7) is 0. The van der Waals surface area contributed by atoms with Crippen LogP contribution in [0, 0.1) is 0 Å². The predicted octanol–water partition coefficient (Wildman–Crippen LogP) is 0.956. The van der Waals surface area contributed by atoms with E-state index in [9.17, 15) is 22.4 Å². The van der Waals surface area contributed by atoms with Gasteiger partial charge >= 0.3 is 5.51 Å². The summed E-state index contributed by atoms with van der Waals surface area (Å²) in [6.07, 6.45) is 1.18. The summed E-state index contributed by atoms with van der Waals surface area (Å²) in [6, 6.07) is 0.321. The Morgan fingerprint density at radius 3 is 2.10 bits per heavy atom. The Labute approximate surface area is 113 Å². The van der Waals surface area contributed by atoms with E-state index in [4.69, 9.17) is 13.0 Å². The number of carbonyl (C=O) groups excluding carboxylic acids is 1. The first-order chi connectivity index (χ1) is 8.78. The van der Waals surface area contributed by atoms with E-state index in [1.54, 1.807) is 0 Å². The van der Waals surface area contributed by atoms with Crippen molar-refractivity contribution in [2.24, 2.45) is 0 Å². The van der Waals surface area contributed by atoms with E-state index in [0.29, 0.717) is 12.5 Å². The number of fused-ring (bicyclic) bond motifs is 2. The van der Waals surface area contributed by atoms with Gasteiger partial charge in [0.2, 0.25) is 5.78 Å². The molecule has 118 valence electrons. The second kappa shape index (κ2) is 5.23. The van der Waals surface area contributed by atoms with Gasteiger partial charge in [0, 0.05) is 19.3 Å². The average molecular weight is 321 g/mol. The first-order valence-electron chi connectivity index (χ1n) is 5.81. The zero-order valence-electron chi connectivity index (χ0n) is 10.9. The molecular formula is C10H15F4NO4S. The Morgan fingerprint density at radius 2 is 1.70 bits per heavy atom. The molecule has 10 heteroatoms. The molecule has 2 aliphatic heterocycles. The van der Waals surface area contributed by atoms with E-state index >= 15 is 0 Å². The van der Waals surface area contributed by atoms with Gasteiger partial charge in [0.05, 0.1) is 20.1 Å². The van der Waals surface area contributed by atoms with Gasteiger partial charge in [-0.25, -0.2) is 12.8 Å². The molecule has 3 atom stereocenters. The van der Waals surface area contributed by atoms with Crippen LogP contribution in [0.25, 0.3) is 0 Å². The van der Waals surface area contributed by atoms with Crippen molar-refractivity contribution in [2.75, 3.05) is 14.1 Å². The van der Waals surface area contributed by atoms with Crippen LogP contribution in [-0.2, 0) is 14.9 Å². The summed E-state index contributed by atoms with van der Waals surface area (Å²) in [5.41, 5.74) is -5.65. The average Bonchev–Trinajstić information content (AvgIpc) is 2.39. The summed E-state index contributed by atoms with van der Waals surface area (Å²) in [4.78, 5) is 11.4. The first kappa shape index (κ1) is 17.3. The number of nitrogens with zero attached hydrogens (tertiary/aromatic N) is 1. The molecule has 0 unspecified atom stereocenters. The maximum atomic E-state index is 13.1. The van der Waals surface area contributed by atoms with E-state index in [0.717, 1.165) is 17.3 Å². The van der Waals surface area contributed by atoms with Crippen molar-refractivity contribution in [2.45, 2.75) is 43.0 Å². The van der Waals surface area contributed by atoms with Gasteiger partial charge in [-0.2, -0.15) is 13.2 Å². The molecule has 0 radical (unpaired) electrons. The van der Waals surface area contributed by atoms with E-state index < -0.39 is 21.8 Å². The molecule has 2 aliphatic rings. The molecule has 20 heavy (non-hydrogen) atoms. The zero-order valence-corrected chi connectivity index (χ0v) is 11.7. The molecular weight excluding hydrogens is 306 g/mol. The van der Waals surface area contributed by atoms with Gasteiger partial charge in [-0.05, 0) is 0 Å². The second-order valence-electron chi connectivity index (χ2n) is 5.38. The van der Waals surface area contributed by atoms with Crippen molar-refractivity contribution in [3.8, 4) is 0 Å². The molecule has 2 rings (SSSR count). The molecule has 0 N–H and O–H groups in total. The lowest BCUT2D eigenvalue weighted by molar-refractivity contribution is -0.920. The number of hydrogen-bond donors (Lipinski definition) is 0. The minimum absolute atomic E-state index is 0.0567. The number of quaternary nitrogens is 1. The standard InChI is InChI=1S/C9H15FNO.CHF3O3S/c1-11(2)6-3-4-8(11)9(12)7(10)5-6;2-1(3,4)8(5,6)7/h6-8H,3-5H2,1-2H3;(H,5,6,7)/q+1;/p-1/t6-,7-,8+;/m1./s1. The fraction of sp³-hybridized carbons (Fsp3) is 0.900. The van der Waals surface area contributed by atoms with Crippen molar-refractivity contribution in [3.63, 3.8) is 0 Å². The van der Waals surface area contributed by atoms with E-state index in [2.05, 4.69) is 0 Å². The summed E-state index contributed by atoms with van der Waals surface area (Å²) < 4.78 is 72.7. The first-order valence-corrected chi connectivity index (χ1v) is 7.22. The largest absolute Gasteiger partial charge is 0.741 e. The molecule has 0 aliphatic carbocycles. The van der Waals surface area contributed by atoms with Crippen LogP contribution in [0.3, 0.4) is 0 Å². The molecule has 0 aromatic carbocycles. The number of piperidine rings is 1. The third-order valence-electron chi connectivity index (χ3n) is 3.92. The van der Waals surface area contributed by atoms with Gasteiger partial charge in [0.1, 0.15) is 0 Å². The molecule has 0 amide bonds. The summed E-state index contributed by atoms with van der Waals surface area (Å²) >= 11 is 0. The lowest BCUT2D eigenvalue weighted by atomic mass is 9.98. The topological polar surface area (TPSA) is 74.3 Å². The summed E-state index contributed by atoms with van der Waals surface area (Å²) in [5.74, 6) is -0.159. The van der Waals surface area contributed by atoms with Crippen molar-refractivity contribution >= 4 is 15.9 Å². The number of rotatable bonds is 0. The number of Topliss-reactive ketones (excluding diaryl/α,β-unsaturated/α-hetero) is 1. The van der Waals surface area contributed by atoms with Gasteiger partial charge in [0.25, 0.3) is 0 Å². The predicted molar refractivity (Wildman–Crippen MR) is 59.2 cm³/mol. The number of likely N-dealkylation sites (N-methyl/N-ethyl adjacent to an activating group) is 1. The van der Waals surface area contributed by atoms with Gasteiger partial charge < -0.3 is 9.04 Å². The van der Waals surface area contributed by atoms with Crippen molar-refractivity contribution < 1.29 is 39.8 Å². The van der Waals surface area contributed by atoms with Crippen LogP contribution in [0.15, 0.2) is 0 Å². The highest BCUT2D eigenvalue weighted by atomic mass is 32.2. The van der Waals surface area contributed by atoms with E-state index in [1.165, 1.54) is 0 Å². The Bertz CT molecular complexity index is 488. The highest BCUT2D eigenvalue weighted by Gasteiger charge is 2.54. The third-order valence-corrected chi connectivity index (χ3v) is 4.48. The number of carbonyl (C=O) groups is 1. The summed E-state index contributed by atoms with van der Waals surface area (Å²) in [7, 11) is -1.99. The molecule has 2 bridgehead atoms. The van der Waals surface area contributed by atoms with Crippen LogP contribution in [0.1, 0.15) is 19.3 Å². The lowest BCUT2D eigenvalue weighted by Crippen LogP contribution is -2.59. The second-order valence-corrected chi connectivity index (χ2v) is 6.75. The van der Waals surface area contributed by atoms with E-state index in [1.807, 2.05) is 14.1 Å². The molecule has 0 aromatic heterocycles.